The topological polar surface area (TPSA) is 125 Å². The number of ether oxygens (including phenoxy) is 1. The van der Waals surface area contributed by atoms with Crippen molar-refractivity contribution in [2.45, 2.75) is 52.1 Å². The fraction of sp³-hybridized carbons (Fsp3) is 0.385. The number of hydrogen-bond donors (Lipinski definition) is 2. The van der Waals surface area contributed by atoms with Gasteiger partial charge in [-0.15, -0.1) is 0 Å². The first-order valence-electron chi connectivity index (χ1n) is 11.2. The van der Waals surface area contributed by atoms with Crippen LogP contribution in [-0.4, -0.2) is 35.8 Å². The summed E-state index contributed by atoms with van der Waals surface area (Å²) < 4.78 is 5.26. The molecule has 8 nitrogen and oxygen atoms in total. The molecule has 0 fully saturated rings. The van der Waals surface area contributed by atoms with Gasteiger partial charge in [0.1, 0.15) is 5.60 Å². The van der Waals surface area contributed by atoms with Crippen molar-refractivity contribution < 1.29 is 28.8 Å². The fourth-order valence-electron chi connectivity index (χ4n) is 3.30. The Bertz CT molecular complexity index is 981. The quantitative estimate of drug-likeness (QED) is 0.223. The molecule has 0 bridgehead atoms. The minimum atomic E-state index is -0.647. The average molecular weight is 469 g/mol. The van der Waals surface area contributed by atoms with Crippen LogP contribution in [0, 0.1) is 5.92 Å². The first kappa shape index (κ1) is 26.7. The van der Waals surface area contributed by atoms with Gasteiger partial charge in [-0.3, -0.25) is 19.2 Å². The molecular weight excluding hydrogens is 436 g/mol. The van der Waals surface area contributed by atoms with Gasteiger partial charge < -0.3 is 14.9 Å². The number of rotatable bonds is 11. The minimum absolute atomic E-state index is 0.0337. The molecule has 0 radical (unpaired) electrons. The van der Waals surface area contributed by atoms with E-state index in [-0.39, 0.29) is 30.6 Å². The molecule has 0 aromatic heterocycles. The van der Waals surface area contributed by atoms with Gasteiger partial charge in [0, 0.05) is 29.7 Å². The van der Waals surface area contributed by atoms with Gasteiger partial charge in [-0.05, 0) is 45.7 Å². The van der Waals surface area contributed by atoms with Crippen molar-refractivity contribution in [2.75, 3.05) is 6.54 Å². The molecule has 1 atom stereocenters. The Morgan fingerprint density at radius 3 is 2.06 bits per heavy atom. The SMILES string of the molecule is CC(C)(C)OC(=O)CCCC[C@@H](CNC(=O)c1ccc(C(=O)c2ccccc2)cc1)C(=O)ON. The molecule has 182 valence electrons. The highest BCUT2D eigenvalue weighted by molar-refractivity contribution is 6.09. The monoisotopic (exact) mass is 468 g/mol. The summed E-state index contributed by atoms with van der Waals surface area (Å²) in [5.41, 5.74) is 0.849. The number of carbonyl (C=O) groups excluding carboxylic acids is 4. The Hall–Kier alpha value is -3.52. The minimum Gasteiger partial charge on any atom is -0.460 e. The Balaban J connectivity index is 1.86. The molecule has 0 saturated carbocycles. The van der Waals surface area contributed by atoms with E-state index < -0.39 is 17.5 Å². The summed E-state index contributed by atoms with van der Waals surface area (Å²) in [5.74, 6) is 2.93. The third kappa shape index (κ3) is 8.78. The van der Waals surface area contributed by atoms with Gasteiger partial charge >= 0.3 is 11.9 Å². The molecule has 2 rings (SSSR count). The van der Waals surface area contributed by atoms with E-state index in [4.69, 9.17) is 10.6 Å². The predicted molar refractivity (Wildman–Crippen MR) is 127 cm³/mol. The Kier molecular flexibility index (Phi) is 9.94. The van der Waals surface area contributed by atoms with Gasteiger partial charge in [-0.1, -0.05) is 48.9 Å². The second-order valence-electron chi connectivity index (χ2n) is 8.95. The van der Waals surface area contributed by atoms with Crippen molar-refractivity contribution in [3.63, 3.8) is 0 Å². The number of ketones is 1. The predicted octanol–water partition coefficient (Wildman–Crippen LogP) is 3.58. The first-order valence-corrected chi connectivity index (χ1v) is 11.2. The number of amides is 1. The van der Waals surface area contributed by atoms with E-state index >= 15 is 0 Å². The number of esters is 1. The summed E-state index contributed by atoms with van der Waals surface area (Å²) in [6.45, 7) is 5.44. The molecule has 3 N–H and O–H groups in total. The summed E-state index contributed by atoms with van der Waals surface area (Å²) in [6.07, 6.45) is 1.73. The number of hydrogen-bond acceptors (Lipinski definition) is 7. The molecule has 0 heterocycles. The zero-order valence-electron chi connectivity index (χ0n) is 19.8. The fourth-order valence-corrected chi connectivity index (χ4v) is 3.30. The van der Waals surface area contributed by atoms with Crippen LogP contribution in [0.5, 0.6) is 0 Å². The van der Waals surface area contributed by atoms with Crippen LogP contribution < -0.4 is 11.2 Å². The summed E-state index contributed by atoms with van der Waals surface area (Å²) in [6, 6.07) is 15.2. The zero-order valence-corrected chi connectivity index (χ0v) is 19.8. The molecule has 0 aliphatic carbocycles. The third-order valence-electron chi connectivity index (χ3n) is 5.01. The van der Waals surface area contributed by atoms with E-state index in [1.807, 2.05) is 6.07 Å². The number of nitrogens with one attached hydrogen (secondary N) is 1. The van der Waals surface area contributed by atoms with Crippen LogP contribution in [0.4, 0.5) is 0 Å². The summed E-state index contributed by atoms with van der Waals surface area (Å²) in [7, 11) is 0. The largest absolute Gasteiger partial charge is 0.460 e. The van der Waals surface area contributed by atoms with Gasteiger partial charge in [0.25, 0.3) is 5.91 Å². The van der Waals surface area contributed by atoms with E-state index in [0.717, 1.165) is 0 Å². The lowest BCUT2D eigenvalue weighted by Crippen LogP contribution is -2.34. The van der Waals surface area contributed by atoms with Crippen molar-refractivity contribution in [1.82, 2.24) is 5.32 Å². The van der Waals surface area contributed by atoms with E-state index in [9.17, 15) is 19.2 Å². The third-order valence-corrected chi connectivity index (χ3v) is 5.01. The Labute approximate surface area is 199 Å². The normalized spacial score (nSPS) is 11.9. The van der Waals surface area contributed by atoms with Crippen molar-refractivity contribution >= 4 is 23.6 Å². The maximum atomic E-state index is 12.5. The highest BCUT2D eigenvalue weighted by Crippen LogP contribution is 2.15. The molecule has 0 aliphatic heterocycles. The van der Waals surface area contributed by atoms with Crippen molar-refractivity contribution in [3.05, 3.63) is 71.3 Å². The van der Waals surface area contributed by atoms with Crippen LogP contribution >= 0.6 is 0 Å². The first-order chi connectivity index (χ1) is 16.1. The van der Waals surface area contributed by atoms with Gasteiger partial charge in [0.15, 0.2) is 5.78 Å². The highest BCUT2D eigenvalue weighted by Gasteiger charge is 2.22. The lowest BCUT2D eigenvalue weighted by Gasteiger charge is -2.19. The molecule has 0 saturated heterocycles. The number of benzene rings is 2. The molecular formula is C26H32N2O6. The molecule has 8 heteroatoms. The zero-order chi connectivity index (χ0) is 25.1. The van der Waals surface area contributed by atoms with Crippen LogP contribution in [-0.2, 0) is 19.2 Å². The second-order valence-corrected chi connectivity index (χ2v) is 8.95. The lowest BCUT2D eigenvalue weighted by atomic mass is 10.0. The number of carbonyl (C=O) groups is 4. The van der Waals surface area contributed by atoms with Crippen LogP contribution in [0.2, 0.25) is 0 Å². The molecule has 0 aliphatic rings. The average Bonchev–Trinajstić information content (AvgIpc) is 2.82. The van der Waals surface area contributed by atoms with Gasteiger partial charge in [0.2, 0.25) is 0 Å². The highest BCUT2D eigenvalue weighted by atomic mass is 16.7. The van der Waals surface area contributed by atoms with Gasteiger partial charge in [-0.2, -0.15) is 5.90 Å². The van der Waals surface area contributed by atoms with E-state index in [1.165, 1.54) is 0 Å². The molecule has 1 amide bonds. The molecule has 34 heavy (non-hydrogen) atoms. The maximum Gasteiger partial charge on any atom is 0.329 e. The van der Waals surface area contributed by atoms with Gasteiger partial charge in [0.05, 0.1) is 5.92 Å². The molecule has 0 spiro atoms. The number of nitrogens with two attached hydrogens (primary N) is 1. The van der Waals surface area contributed by atoms with Gasteiger partial charge in [-0.25, -0.2) is 0 Å². The maximum absolute atomic E-state index is 12.5. The standard InChI is InChI=1S/C26H32N2O6/c1-26(2,3)33-22(29)12-8-7-11-21(25(32)34-27)17-28-24(31)20-15-13-19(14-16-20)23(30)18-9-5-4-6-10-18/h4-6,9-10,13-16,21H,7-8,11-12,17,27H2,1-3H3,(H,28,31)/t21-/m0/s1. The van der Waals surface area contributed by atoms with E-state index in [2.05, 4.69) is 10.2 Å². The van der Waals surface area contributed by atoms with E-state index in [0.29, 0.717) is 36.0 Å². The van der Waals surface area contributed by atoms with Crippen LogP contribution in [0.15, 0.2) is 54.6 Å². The smallest absolute Gasteiger partial charge is 0.329 e. The molecule has 2 aromatic rings. The van der Waals surface area contributed by atoms with Crippen molar-refractivity contribution in [3.8, 4) is 0 Å². The Morgan fingerprint density at radius 2 is 1.47 bits per heavy atom. The van der Waals surface area contributed by atoms with Crippen molar-refractivity contribution in [2.24, 2.45) is 11.8 Å². The van der Waals surface area contributed by atoms with Crippen LogP contribution in [0.1, 0.15) is 72.7 Å². The van der Waals surface area contributed by atoms with Crippen molar-refractivity contribution in [1.29, 1.82) is 0 Å². The Morgan fingerprint density at radius 1 is 0.882 bits per heavy atom. The summed E-state index contributed by atoms with van der Waals surface area (Å²) in [5, 5.41) is 2.70. The number of unbranched alkanes of at least 4 members (excludes halogenated alkanes) is 1. The second kappa shape index (κ2) is 12.6. The van der Waals surface area contributed by atoms with Crippen LogP contribution in [0.3, 0.4) is 0 Å². The molecule has 0 unspecified atom stereocenters. The van der Waals surface area contributed by atoms with Crippen LogP contribution in [0.25, 0.3) is 0 Å². The summed E-state index contributed by atoms with van der Waals surface area (Å²) >= 11 is 0. The molecule has 2 aromatic carbocycles. The lowest BCUT2D eigenvalue weighted by molar-refractivity contribution is -0.154. The summed E-state index contributed by atoms with van der Waals surface area (Å²) in [4.78, 5) is 53.2. The van der Waals surface area contributed by atoms with E-state index in [1.54, 1.807) is 69.3 Å².